The van der Waals surface area contributed by atoms with E-state index in [4.69, 9.17) is 9.15 Å². The zero-order valence-corrected chi connectivity index (χ0v) is 18.0. The topological polar surface area (TPSA) is 123 Å². The summed E-state index contributed by atoms with van der Waals surface area (Å²) in [5, 5.41) is 3.17. The number of carbonyl (C=O) groups is 2. The van der Waals surface area contributed by atoms with Crippen LogP contribution in [0.2, 0.25) is 0 Å². The van der Waals surface area contributed by atoms with Crippen molar-refractivity contribution in [1.29, 1.82) is 0 Å². The number of anilines is 2. The van der Waals surface area contributed by atoms with Crippen LogP contribution in [0.3, 0.4) is 0 Å². The maximum atomic E-state index is 12.6. The minimum atomic E-state index is -3.37. The van der Waals surface area contributed by atoms with Crippen LogP contribution in [0, 0.1) is 0 Å². The number of sulfonamides is 1. The molecule has 1 aliphatic rings. The fourth-order valence-corrected chi connectivity index (χ4v) is 5.13. The van der Waals surface area contributed by atoms with Crippen molar-refractivity contribution in [3.8, 4) is 0 Å². The molecule has 0 bridgehead atoms. The molecule has 0 saturated carbocycles. The number of ether oxygens (including phenoxy) is 1. The quantitative estimate of drug-likeness (QED) is 0.462. The molecule has 9 nitrogen and oxygen atoms in total. The first-order valence-corrected chi connectivity index (χ1v) is 11.5. The van der Waals surface area contributed by atoms with E-state index in [0.29, 0.717) is 35.3 Å². The number of nitrogens with zero attached hydrogens (tertiary/aromatic N) is 1. The lowest BCUT2D eigenvalue weighted by molar-refractivity contribution is -0.114. The van der Waals surface area contributed by atoms with Crippen LogP contribution in [0.25, 0.3) is 11.0 Å². The zero-order chi connectivity index (χ0) is 22.9. The van der Waals surface area contributed by atoms with Crippen LogP contribution in [-0.2, 0) is 26.2 Å². The van der Waals surface area contributed by atoms with E-state index in [1.54, 1.807) is 24.3 Å². The Hall–Kier alpha value is -3.66. The average Bonchev–Trinajstić information content (AvgIpc) is 3.10. The van der Waals surface area contributed by atoms with E-state index in [0.717, 1.165) is 0 Å². The molecule has 0 unspecified atom stereocenters. The van der Waals surface area contributed by atoms with Gasteiger partial charge in [0.15, 0.2) is 0 Å². The Labute approximate surface area is 183 Å². The summed E-state index contributed by atoms with van der Waals surface area (Å²) in [5.41, 5.74) is 1.15. The Bertz CT molecular complexity index is 1380. The maximum absolute atomic E-state index is 12.6. The third-order valence-electron chi connectivity index (χ3n) is 4.98. The van der Waals surface area contributed by atoms with Crippen molar-refractivity contribution < 1.29 is 27.2 Å². The fourth-order valence-electron chi connectivity index (χ4n) is 3.57. The smallest absolute Gasteiger partial charge is 0.338 e. The molecule has 4 rings (SSSR count). The number of esters is 1. The summed E-state index contributed by atoms with van der Waals surface area (Å²) in [5.74, 6) is -0.838. The van der Waals surface area contributed by atoms with Gasteiger partial charge in [-0.05, 0) is 36.8 Å². The highest BCUT2D eigenvalue weighted by Crippen LogP contribution is 2.26. The third-order valence-corrected chi connectivity index (χ3v) is 6.85. The van der Waals surface area contributed by atoms with E-state index in [1.807, 2.05) is 0 Å². The van der Waals surface area contributed by atoms with Gasteiger partial charge in [0.2, 0.25) is 15.9 Å². The molecule has 1 aliphatic heterocycles. The number of carbonyl (C=O) groups excluding carboxylic acids is 2. The molecule has 2 aromatic carbocycles. The predicted molar refractivity (Wildman–Crippen MR) is 118 cm³/mol. The van der Waals surface area contributed by atoms with Crippen molar-refractivity contribution in [3.63, 3.8) is 0 Å². The summed E-state index contributed by atoms with van der Waals surface area (Å²) in [6.45, 7) is 1.55. The highest BCUT2D eigenvalue weighted by molar-refractivity contribution is 7.93. The molecule has 3 aromatic rings. The second-order valence-corrected chi connectivity index (χ2v) is 9.36. The van der Waals surface area contributed by atoms with Crippen LogP contribution in [0.5, 0.6) is 0 Å². The summed E-state index contributed by atoms with van der Waals surface area (Å²) in [7, 11) is -3.37. The largest absolute Gasteiger partial charge is 0.457 e. The minimum Gasteiger partial charge on any atom is -0.457 e. The summed E-state index contributed by atoms with van der Waals surface area (Å²) in [6, 6.07) is 12.3. The molecule has 10 heteroatoms. The van der Waals surface area contributed by atoms with Crippen LogP contribution < -0.4 is 15.2 Å². The molecule has 166 valence electrons. The molecule has 1 amide bonds. The highest BCUT2D eigenvalue weighted by Gasteiger charge is 2.28. The van der Waals surface area contributed by atoms with Crippen LogP contribution in [0.1, 0.15) is 29.3 Å². The Kier molecular flexibility index (Phi) is 5.70. The molecule has 0 radical (unpaired) electrons. The van der Waals surface area contributed by atoms with Crippen LogP contribution in [-0.4, -0.2) is 32.6 Å². The highest BCUT2D eigenvalue weighted by atomic mass is 32.2. The fraction of sp³-hybridized carbons (Fsp3) is 0.227. The van der Waals surface area contributed by atoms with Crippen molar-refractivity contribution in [2.45, 2.75) is 20.0 Å². The summed E-state index contributed by atoms with van der Waals surface area (Å²) in [4.78, 5) is 35.8. The van der Waals surface area contributed by atoms with Gasteiger partial charge in [0.25, 0.3) is 0 Å². The summed E-state index contributed by atoms with van der Waals surface area (Å²) >= 11 is 0. The van der Waals surface area contributed by atoms with Crippen molar-refractivity contribution in [1.82, 2.24) is 0 Å². The van der Waals surface area contributed by atoms with Gasteiger partial charge in [-0.25, -0.2) is 18.0 Å². The molecule has 0 spiro atoms. The molecule has 0 atom stereocenters. The van der Waals surface area contributed by atoms with Crippen molar-refractivity contribution in [3.05, 3.63) is 70.1 Å². The van der Waals surface area contributed by atoms with E-state index >= 15 is 0 Å². The van der Waals surface area contributed by atoms with Gasteiger partial charge in [-0.15, -0.1) is 0 Å². The van der Waals surface area contributed by atoms with Gasteiger partial charge in [-0.1, -0.05) is 6.07 Å². The Balaban J connectivity index is 1.55. The average molecular weight is 456 g/mol. The van der Waals surface area contributed by atoms with Gasteiger partial charge in [-0.3, -0.25) is 9.10 Å². The minimum absolute atomic E-state index is 0.0784. The lowest BCUT2D eigenvalue weighted by atomic mass is 10.1. The van der Waals surface area contributed by atoms with Crippen LogP contribution in [0.4, 0.5) is 11.4 Å². The van der Waals surface area contributed by atoms with Crippen molar-refractivity contribution in [2.24, 2.45) is 0 Å². The number of fused-ring (bicyclic) bond motifs is 1. The van der Waals surface area contributed by atoms with E-state index in [9.17, 15) is 22.8 Å². The van der Waals surface area contributed by atoms with Crippen LogP contribution >= 0.6 is 0 Å². The van der Waals surface area contributed by atoms with Gasteiger partial charge in [0.1, 0.15) is 12.2 Å². The predicted octanol–water partition coefficient (Wildman–Crippen LogP) is 2.65. The number of rotatable bonds is 5. The van der Waals surface area contributed by atoms with Gasteiger partial charge in [-0.2, -0.15) is 0 Å². The van der Waals surface area contributed by atoms with E-state index in [2.05, 4.69) is 5.32 Å². The van der Waals surface area contributed by atoms with Gasteiger partial charge < -0.3 is 14.5 Å². The van der Waals surface area contributed by atoms with Crippen molar-refractivity contribution >= 4 is 44.2 Å². The second kappa shape index (κ2) is 8.46. The molecule has 1 fully saturated rings. The molecular weight excluding hydrogens is 436 g/mol. The summed E-state index contributed by atoms with van der Waals surface area (Å²) in [6.07, 6.45) is 0.532. The normalized spacial score (nSPS) is 15.0. The number of hydrogen-bond donors (Lipinski definition) is 1. The first-order chi connectivity index (χ1) is 15.2. The number of benzene rings is 2. The molecule has 1 N–H and O–H groups in total. The Morgan fingerprint density at radius 2 is 1.97 bits per heavy atom. The second-order valence-electron chi connectivity index (χ2n) is 7.35. The number of hydrogen-bond acceptors (Lipinski definition) is 7. The van der Waals surface area contributed by atoms with Gasteiger partial charge in [0.05, 0.1) is 17.0 Å². The standard InChI is InChI=1S/C22H20N2O7S/c1-14(25)23-17-6-7-19-16(11-21(26)31-20(19)12-17)13-30-22(27)15-4-2-5-18(10-15)24-8-3-9-32(24,28)29/h2,4-7,10-12H,3,8-9,13H2,1H3,(H,23,25). The molecule has 32 heavy (non-hydrogen) atoms. The molecule has 1 saturated heterocycles. The Morgan fingerprint density at radius 3 is 2.69 bits per heavy atom. The lowest BCUT2D eigenvalue weighted by Crippen LogP contribution is -2.25. The van der Waals surface area contributed by atoms with Gasteiger partial charge >= 0.3 is 11.6 Å². The maximum Gasteiger partial charge on any atom is 0.338 e. The molecule has 2 heterocycles. The molecule has 0 aliphatic carbocycles. The summed E-state index contributed by atoms with van der Waals surface area (Å²) < 4.78 is 36.2. The monoisotopic (exact) mass is 456 g/mol. The third kappa shape index (κ3) is 4.50. The lowest BCUT2D eigenvalue weighted by Gasteiger charge is -2.17. The first kappa shape index (κ1) is 21.6. The van der Waals surface area contributed by atoms with Crippen LogP contribution in [0.15, 0.2) is 57.7 Å². The Morgan fingerprint density at radius 1 is 1.16 bits per heavy atom. The molecule has 1 aromatic heterocycles. The van der Waals surface area contributed by atoms with E-state index in [-0.39, 0.29) is 29.4 Å². The number of nitrogens with one attached hydrogen (secondary N) is 1. The zero-order valence-electron chi connectivity index (χ0n) is 17.2. The van der Waals surface area contributed by atoms with Crippen molar-refractivity contribution in [2.75, 3.05) is 21.9 Å². The first-order valence-electron chi connectivity index (χ1n) is 9.85. The SMILES string of the molecule is CC(=O)Nc1ccc2c(COC(=O)c3cccc(N4CCCS4(=O)=O)c3)cc(=O)oc2c1. The van der Waals surface area contributed by atoms with Gasteiger partial charge in [0, 0.05) is 42.2 Å². The van der Waals surface area contributed by atoms with E-state index in [1.165, 1.54) is 35.5 Å². The number of amides is 1. The molecular formula is C22H20N2O7S. The van der Waals surface area contributed by atoms with E-state index < -0.39 is 21.6 Å².